The van der Waals surface area contributed by atoms with Gasteiger partial charge in [-0.1, -0.05) is 15.9 Å². The fraction of sp³-hybridized carbons (Fsp3) is 0.385. The second-order valence-electron chi connectivity index (χ2n) is 4.37. The first-order chi connectivity index (χ1) is 8.97. The summed E-state index contributed by atoms with van der Waals surface area (Å²) in [6.07, 6.45) is 0.302. The Morgan fingerprint density at radius 2 is 2.00 bits per heavy atom. The molecule has 6 heteroatoms. The Bertz CT molecular complexity index is 442. The van der Waals surface area contributed by atoms with E-state index in [1.165, 1.54) is 0 Å². The van der Waals surface area contributed by atoms with Gasteiger partial charge in [-0.3, -0.25) is 9.79 Å². The van der Waals surface area contributed by atoms with Crippen LogP contribution >= 0.6 is 15.9 Å². The summed E-state index contributed by atoms with van der Waals surface area (Å²) in [5.41, 5.74) is 6.40. The lowest BCUT2D eigenvalue weighted by Gasteiger charge is -2.08. The molecule has 0 aliphatic heterocycles. The minimum Gasteiger partial charge on any atom is -0.370 e. The molecule has 0 bridgehead atoms. The summed E-state index contributed by atoms with van der Waals surface area (Å²) in [6, 6.07) is 7.65. The van der Waals surface area contributed by atoms with Crippen LogP contribution in [0.4, 0.5) is 5.69 Å². The highest BCUT2D eigenvalue weighted by Gasteiger charge is 2.02. The van der Waals surface area contributed by atoms with Gasteiger partial charge >= 0.3 is 0 Å². The van der Waals surface area contributed by atoms with Crippen molar-refractivity contribution in [2.45, 2.75) is 26.3 Å². The van der Waals surface area contributed by atoms with Gasteiger partial charge in [0, 0.05) is 22.6 Å². The zero-order valence-electron chi connectivity index (χ0n) is 11.1. The van der Waals surface area contributed by atoms with Gasteiger partial charge < -0.3 is 16.4 Å². The molecule has 0 saturated carbocycles. The molecule has 0 aliphatic carbocycles. The molecule has 0 fully saturated rings. The van der Waals surface area contributed by atoms with Crippen molar-refractivity contribution in [1.82, 2.24) is 5.32 Å². The number of hydrogen-bond donors (Lipinski definition) is 3. The van der Waals surface area contributed by atoms with Crippen LogP contribution in [0.5, 0.6) is 0 Å². The van der Waals surface area contributed by atoms with Gasteiger partial charge in [0.15, 0.2) is 5.96 Å². The van der Waals surface area contributed by atoms with Gasteiger partial charge in [-0.2, -0.15) is 0 Å². The van der Waals surface area contributed by atoms with Crippen molar-refractivity contribution in [1.29, 1.82) is 0 Å². The van der Waals surface area contributed by atoms with Crippen molar-refractivity contribution in [3.8, 4) is 0 Å². The second-order valence-corrected chi connectivity index (χ2v) is 5.29. The largest absolute Gasteiger partial charge is 0.370 e. The Morgan fingerprint density at radius 1 is 1.37 bits per heavy atom. The number of anilines is 1. The van der Waals surface area contributed by atoms with Gasteiger partial charge in [0.1, 0.15) is 0 Å². The van der Waals surface area contributed by atoms with Crippen LogP contribution in [0.25, 0.3) is 0 Å². The fourth-order valence-corrected chi connectivity index (χ4v) is 1.64. The molecule has 104 valence electrons. The van der Waals surface area contributed by atoms with E-state index < -0.39 is 0 Å². The molecule has 0 radical (unpaired) electrons. The average Bonchev–Trinajstić information content (AvgIpc) is 2.31. The van der Waals surface area contributed by atoms with E-state index >= 15 is 0 Å². The Balaban J connectivity index is 2.34. The van der Waals surface area contributed by atoms with Gasteiger partial charge in [-0.15, -0.1) is 0 Å². The highest BCUT2D eigenvalue weighted by molar-refractivity contribution is 9.10. The third kappa shape index (κ3) is 6.81. The molecule has 5 nitrogen and oxygen atoms in total. The van der Waals surface area contributed by atoms with E-state index in [1.807, 2.05) is 38.1 Å². The number of benzene rings is 1. The number of nitrogens with one attached hydrogen (secondary N) is 2. The Morgan fingerprint density at radius 3 is 2.58 bits per heavy atom. The number of rotatable bonds is 5. The van der Waals surface area contributed by atoms with E-state index in [-0.39, 0.29) is 11.9 Å². The molecular weight excluding hydrogens is 308 g/mol. The van der Waals surface area contributed by atoms with Crippen molar-refractivity contribution >= 4 is 33.5 Å². The number of nitrogens with two attached hydrogens (primary N) is 1. The quantitative estimate of drug-likeness (QED) is 0.572. The summed E-state index contributed by atoms with van der Waals surface area (Å²) in [4.78, 5) is 15.7. The van der Waals surface area contributed by atoms with Crippen molar-refractivity contribution in [2.75, 3.05) is 11.9 Å². The minimum atomic E-state index is -0.0802. The molecule has 19 heavy (non-hydrogen) atoms. The van der Waals surface area contributed by atoms with E-state index in [0.717, 1.165) is 10.2 Å². The van der Waals surface area contributed by atoms with E-state index in [1.54, 1.807) is 0 Å². The van der Waals surface area contributed by atoms with Crippen LogP contribution in [-0.4, -0.2) is 24.5 Å². The average molecular weight is 327 g/mol. The lowest BCUT2D eigenvalue weighted by Crippen LogP contribution is -2.36. The first-order valence-electron chi connectivity index (χ1n) is 6.09. The summed E-state index contributed by atoms with van der Waals surface area (Å²) in [7, 11) is 0. The molecule has 0 aliphatic rings. The van der Waals surface area contributed by atoms with Crippen LogP contribution in [0.1, 0.15) is 20.3 Å². The van der Waals surface area contributed by atoms with Crippen LogP contribution in [-0.2, 0) is 4.79 Å². The third-order valence-corrected chi connectivity index (χ3v) is 2.71. The number of halogens is 1. The fourth-order valence-electron chi connectivity index (χ4n) is 1.38. The first-order valence-corrected chi connectivity index (χ1v) is 6.88. The number of amides is 1. The molecule has 0 heterocycles. The van der Waals surface area contributed by atoms with Gasteiger partial charge in [-0.05, 0) is 38.1 Å². The van der Waals surface area contributed by atoms with E-state index in [0.29, 0.717) is 18.9 Å². The maximum atomic E-state index is 11.6. The Kier molecular flexibility index (Phi) is 6.35. The Labute approximate surface area is 121 Å². The lowest BCUT2D eigenvalue weighted by molar-refractivity contribution is -0.116. The standard InChI is InChI=1S/C13H19BrN4O/c1-9(2)17-13(15)16-8-7-12(19)18-11-5-3-10(14)4-6-11/h3-6,9H,7-8H2,1-2H3,(H,18,19)(H3,15,16,17). The van der Waals surface area contributed by atoms with Crippen LogP contribution in [0, 0.1) is 0 Å². The summed E-state index contributed by atoms with van der Waals surface area (Å²) in [6.45, 7) is 4.32. The number of hydrogen-bond acceptors (Lipinski definition) is 2. The summed E-state index contributed by atoms with van der Waals surface area (Å²) in [5, 5.41) is 5.76. The predicted molar refractivity (Wildman–Crippen MR) is 82.1 cm³/mol. The summed E-state index contributed by atoms with van der Waals surface area (Å²) < 4.78 is 0.975. The number of carbonyl (C=O) groups is 1. The summed E-state index contributed by atoms with van der Waals surface area (Å²) in [5.74, 6) is 0.287. The number of nitrogens with zero attached hydrogens (tertiary/aromatic N) is 1. The molecule has 0 aromatic heterocycles. The molecule has 0 saturated heterocycles. The van der Waals surface area contributed by atoms with Crippen LogP contribution in [0.15, 0.2) is 33.7 Å². The van der Waals surface area contributed by atoms with Crippen molar-refractivity contribution in [2.24, 2.45) is 10.7 Å². The van der Waals surface area contributed by atoms with Crippen LogP contribution in [0.3, 0.4) is 0 Å². The first kappa shape index (κ1) is 15.5. The molecule has 4 N–H and O–H groups in total. The molecule has 1 amide bonds. The van der Waals surface area contributed by atoms with Gasteiger partial charge in [0.25, 0.3) is 0 Å². The normalized spacial score (nSPS) is 11.5. The van der Waals surface area contributed by atoms with Crippen molar-refractivity contribution in [3.63, 3.8) is 0 Å². The van der Waals surface area contributed by atoms with Gasteiger partial charge in [0.2, 0.25) is 5.91 Å². The molecule has 0 spiro atoms. The molecular formula is C13H19BrN4O. The summed E-state index contributed by atoms with van der Waals surface area (Å²) >= 11 is 3.34. The molecule has 0 unspecified atom stereocenters. The predicted octanol–water partition coefficient (Wildman–Crippen LogP) is 2.09. The monoisotopic (exact) mass is 326 g/mol. The lowest BCUT2D eigenvalue weighted by atomic mass is 10.3. The highest BCUT2D eigenvalue weighted by atomic mass is 79.9. The third-order valence-electron chi connectivity index (χ3n) is 2.19. The number of aliphatic imine (C=N–C) groups is 1. The SMILES string of the molecule is CC(C)NC(N)=NCCC(=O)Nc1ccc(Br)cc1. The molecule has 1 aromatic carbocycles. The molecule has 1 rings (SSSR count). The topological polar surface area (TPSA) is 79.5 Å². The molecule has 1 aromatic rings. The van der Waals surface area contributed by atoms with Crippen LogP contribution in [0.2, 0.25) is 0 Å². The zero-order valence-corrected chi connectivity index (χ0v) is 12.7. The smallest absolute Gasteiger partial charge is 0.226 e. The van der Waals surface area contributed by atoms with Crippen LogP contribution < -0.4 is 16.4 Å². The second kappa shape index (κ2) is 7.78. The maximum absolute atomic E-state index is 11.6. The van der Waals surface area contributed by atoms with Gasteiger partial charge in [0.05, 0.1) is 6.54 Å². The van der Waals surface area contributed by atoms with E-state index in [2.05, 4.69) is 31.6 Å². The van der Waals surface area contributed by atoms with E-state index in [9.17, 15) is 4.79 Å². The zero-order chi connectivity index (χ0) is 14.3. The van der Waals surface area contributed by atoms with E-state index in [4.69, 9.17) is 5.73 Å². The maximum Gasteiger partial charge on any atom is 0.226 e. The highest BCUT2D eigenvalue weighted by Crippen LogP contribution is 2.14. The minimum absolute atomic E-state index is 0.0802. The Hall–Kier alpha value is -1.56. The van der Waals surface area contributed by atoms with Gasteiger partial charge in [-0.25, -0.2) is 0 Å². The number of guanidine groups is 1. The molecule has 0 atom stereocenters. The van der Waals surface area contributed by atoms with Crippen molar-refractivity contribution in [3.05, 3.63) is 28.7 Å². The van der Waals surface area contributed by atoms with Crippen molar-refractivity contribution < 1.29 is 4.79 Å². The number of carbonyl (C=O) groups excluding carboxylic acids is 1.